The number of benzene rings is 1. The number of ether oxygens (including phenoxy) is 1. The molecule has 84 valence electrons. The Balaban J connectivity index is 2.66. The molecular formula is C11H16ClNOS. The Morgan fingerprint density at radius 1 is 1.53 bits per heavy atom. The first-order chi connectivity index (χ1) is 7.17. The van der Waals surface area contributed by atoms with E-state index in [1.54, 1.807) is 18.9 Å². The van der Waals surface area contributed by atoms with E-state index in [1.807, 2.05) is 24.5 Å². The molecule has 1 unspecified atom stereocenters. The summed E-state index contributed by atoms with van der Waals surface area (Å²) in [4.78, 5) is 1.10. The molecule has 15 heavy (non-hydrogen) atoms. The smallest absolute Gasteiger partial charge is 0.0661 e. The maximum Gasteiger partial charge on any atom is 0.0661 e. The van der Waals surface area contributed by atoms with Gasteiger partial charge in [-0.3, -0.25) is 0 Å². The predicted molar refractivity (Wildman–Crippen MR) is 68.2 cm³/mol. The zero-order valence-electron chi connectivity index (χ0n) is 9.21. The van der Waals surface area contributed by atoms with Gasteiger partial charge in [-0.1, -0.05) is 11.6 Å². The van der Waals surface area contributed by atoms with E-state index in [1.165, 1.54) is 0 Å². The number of nitrogens with one attached hydrogen (secondary N) is 1. The van der Waals surface area contributed by atoms with Crippen LogP contribution in [0.5, 0.6) is 0 Å². The lowest BCUT2D eigenvalue weighted by Crippen LogP contribution is -2.20. The average molecular weight is 246 g/mol. The quantitative estimate of drug-likeness (QED) is 0.803. The molecule has 2 nitrogen and oxygen atoms in total. The molecule has 0 spiro atoms. The molecule has 0 aromatic heterocycles. The Hall–Kier alpha value is -0.380. The maximum absolute atomic E-state index is 6.10. The monoisotopic (exact) mass is 245 g/mol. The van der Waals surface area contributed by atoms with Gasteiger partial charge >= 0.3 is 0 Å². The Kier molecular flexibility index (Phi) is 5.29. The van der Waals surface area contributed by atoms with Crippen LogP contribution in [0.25, 0.3) is 0 Å². The second kappa shape index (κ2) is 6.26. The van der Waals surface area contributed by atoms with Gasteiger partial charge in [-0.05, 0) is 31.4 Å². The molecule has 0 fully saturated rings. The van der Waals surface area contributed by atoms with Crippen LogP contribution in [-0.4, -0.2) is 26.0 Å². The number of anilines is 1. The minimum atomic E-state index is 0.284. The summed E-state index contributed by atoms with van der Waals surface area (Å²) < 4.78 is 5.05. The van der Waals surface area contributed by atoms with Crippen molar-refractivity contribution >= 4 is 29.1 Å². The minimum Gasteiger partial charge on any atom is -0.383 e. The third kappa shape index (κ3) is 3.93. The Morgan fingerprint density at radius 2 is 2.27 bits per heavy atom. The predicted octanol–water partition coefficient (Wildman–Crippen LogP) is 3.51. The highest BCUT2D eigenvalue weighted by Gasteiger charge is 2.04. The lowest BCUT2D eigenvalue weighted by Gasteiger charge is -2.14. The molecule has 4 heteroatoms. The van der Waals surface area contributed by atoms with Crippen molar-refractivity contribution in [2.45, 2.75) is 17.9 Å². The molecule has 0 heterocycles. The molecule has 1 N–H and O–H groups in total. The number of hydrogen-bond acceptors (Lipinski definition) is 3. The van der Waals surface area contributed by atoms with Gasteiger partial charge in [0.05, 0.1) is 11.6 Å². The highest BCUT2D eigenvalue weighted by Crippen LogP contribution is 2.28. The van der Waals surface area contributed by atoms with E-state index in [4.69, 9.17) is 16.3 Å². The number of thioether (sulfide) groups is 1. The molecule has 1 aromatic carbocycles. The molecule has 0 aliphatic rings. The topological polar surface area (TPSA) is 21.3 Å². The van der Waals surface area contributed by atoms with Crippen LogP contribution in [0.4, 0.5) is 5.69 Å². The fraction of sp³-hybridized carbons (Fsp3) is 0.455. The summed E-state index contributed by atoms with van der Waals surface area (Å²) in [6.07, 6.45) is 2.02. The lowest BCUT2D eigenvalue weighted by atomic mass is 10.3. The van der Waals surface area contributed by atoms with E-state index in [9.17, 15) is 0 Å². The number of methoxy groups -OCH3 is 1. The van der Waals surface area contributed by atoms with Crippen LogP contribution in [0, 0.1) is 0 Å². The SMILES string of the molecule is COCC(C)Nc1ccc(SC)c(Cl)c1. The van der Waals surface area contributed by atoms with Crippen molar-refractivity contribution in [1.82, 2.24) is 0 Å². The van der Waals surface area contributed by atoms with Crippen LogP contribution in [0.15, 0.2) is 23.1 Å². The molecule has 0 aliphatic carbocycles. The number of hydrogen-bond donors (Lipinski definition) is 1. The van der Waals surface area contributed by atoms with Gasteiger partial charge in [-0.15, -0.1) is 11.8 Å². The number of halogens is 1. The average Bonchev–Trinajstić information content (AvgIpc) is 2.18. The van der Waals surface area contributed by atoms with E-state index >= 15 is 0 Å². The summed E-state index contributed by atoms with van der Waals surface area (Å²) in [5.41, 5.74) is 1.03. The zero-order chi connectivity index (χ0) is 11.3. The van der Waals surface area contributed by atoms with Crippen molar-refractivity contribution in [3.05, 3.63) is 23.2 Å². The van der Waals surface area contributed by atoms with Gasteiger partial charge < -0.3 is 10.1 Å². The first kappa shape index (κ1) is 12.7. The third-order valence-electron chi connectivity index (χ3n) is 1.98. The molecule has 1 atom stereocenters. The summed E-state index contributed by atoms with van der Waals surface area (Å²) in [6, 6.07) is 6.28. The molecule has 0 saturated carbocycles. The molecule has 0 amide bonds. The van der Waals surface area contributed by atoms with Crippen LogP contribution >= 0.6 is 23.4 Å². The van der Waals surface area contributed by atoms with Crippen molar-refractivity contribution in [3.63, 3.8) is 0 Å². The van der Waals surface area contributed by atoms with E-state index in [0.29, 0.717) is 6.61 Å². The van der Waals surface area contributed by atoms with Gasteiger partial charge in [0, 0.05) is 23.7 Å². The van der Waals surface area contributed by atoms with Gasteiger partial charge in [-0.25, -0.2) is 0 Å². The fourth-order valence-corrected chi connectivity index (χ4v) is 2.20. The molecule has 0 aliphatic heterocycles. The summed E-state index contributed by atoms with van der Waals surface area (Å²) in [5, 5.41) is 4.11. The standard InChI is InChI=1S/C11H16ClNOS/c1-8(7-14-2)13-9-4-5-11(15-3)10(12)6-9/h4-6,8,13H,7H2,1-3H3. The molecular weight excluding hydrogens is 230 g/mol. The first-order valence-corrected chi connectivity index (χ1v) is 6.36. The summed E-state index contributed by atoms with van der Waals surface area (Å²) in [7, 11) is 1.70. The van der Waals surface area contributed by atoms with Crippen molar-refractivity contribution in [1.29, 1.82) is 0 Å². The molecule has 0 saturated heterocycles. The first-order valence-electron chi connectivity index (χ1n) is 4.76. The highest BCUT2D eigenvalue weighted by molar-refractivity contribution is 7.98. The molecule has 1 aromatic rings. The normalized spacial score (nSPS) is 12.5. The van der Waals surface area contributed by atoms with Gasteiger partial charge in [0.2, 0.25) is 0 Å². The summed E-state index contributed by atoms with van der Waals surface area (Å²) in [6.45, 7) is 2.75. The van der Waals surface area contributed by atoms with Crippen molar-refractivity contribution < 1.29 is 4.74 Å². The van der Waals surface area contributed by atoms with Gasteiger partial charge in [0.25, 0.3) is 0 Å². The fourth-order valence-electron chi connectivity index (χ4n) is 1.33. The lowest BCUT2D eigenvalue weighted by molar-refractivity contribution is 0.190. The van der Waals surface area contributed by atoms with E-state index < -0.39 is 0 Å². The highest BCUT2D eigenvalue weighted by atomic mass is 35.5. The van der Waals surface area contributed by atoms with Crippen molar-refractivity contribution in [3.8, 4) is 0 Å². The minimum absolute atomic E-state index is 0.284. The largest absolute Gasteiger partial charge is 0.383 e. The Morgan fingerprint density at radius 3 is 2.80 bits per heavy atom. The number of rotatable bonds is 5. The Bertz CT molecular complexity index is 319. The third-order valence-corrected chi connectivity index (χ3v) is 3.20. The van der Waals surface area contributed by atoms with Crippen molar-refractivity contribution in [2.24, 2.45) is 0 Å². The van der Waals surface area contributed by atoms with Crippen molar-refractivity contribution in [2.75, 3.05) is 25.3 Å². The molecule has 0 radical (unpaired) electrons. The van der Waals surface area contributed by atoms with E-state index in [0.717, 1.165) is 15.6 Å². The second-order valence-corrected chi connectivity index (χ2v) is 4.61. The summed E-state index contributed by atoms with van der Waals surface area (Å²) >= 11 is 7.75. The maximum atomic E-state index is 6.10. The van der Waals surface area contributed by atoms with E-state index in [2.05, 4.69) is 12.2 Å². The van der Waals surface area contributed by atoms with Crippen LogP contribution in [0.2, 0.25) is 5.02 Å². The van der Waals surface area contributed by atoms with Crippen LogP contribution in [0.1, 0.15) is 6.92 Å². The Labute approximate surface area is 100 Å². The van der Waals surface area contributed by atoms with Gasteiger partial charge in [-0.2, -0.15) is 0 Å². The zero-order valence-corrected chi connectivity index (χ0v) is 10.8. The van der Waals surface area contributed by atoms with Gasteiger partial charge in [0.15, 0.2) is 0 Å². The van der Waals surface area contributed by atoms with Gasteiger partial charge in [0.1, 0.15) is 0 Å². The second-order valence-electron chi connectivity index (χ2n) is 3.35. The molecule has 0 bridgehead atoms. The van der Waals surface area contributed by atoms with E-state index in [-0.39, 0.29) is 6.04 Å². The van der Waals surface area contributed by atoms with Crippen LogP contribution in [0.3, 0.4) is 0 Å². The van der Waals surface area contributed by atoms with Crippen LogP contribution in [-0.2, 0) is 4.74 Å². The summed E-state index contributed by atoms with van der Waals surface area (Å²) in [5.74, 6) is 0. The molecule has 1 rings (SSSR count). The van der Waals surface area contributed by atoms with Crippen LogP contribution < -0.4 is 5.32 Å².